The lowest BCUT2D eigenvalue weighted by molar-refractivity contribution is -0.118. The van der Waals surface area contributed by atoms with E-state index < -0.39 is 23.1 Å². The molecular formula is C22H28FN3O3. The zero-order valence-electron chi connectivity index (χ0n) is 18.0. The van der Waals surface area contributed by atoms with Gasteiger partial charge in [-0.05, 0) is 77.8 Å². The van der Waals surface area contributed by atoms with Crippen LogP contribution >= 0.6 is 0 Å². The van der Waals surface area contributed by atoms with Crippen molar-refractivity contribution in [3.05, 3.63) is 52.1 Å². The summed E-state index contributed by atoms with van der Waals surface area (Å²) >= 11 is 0. The van der Waals surface area contributed by atoms with Crippen LogP contribution in [0.5, 0.6) is 0 Å². The molecule has 0 spiro atoms. The highest BCUT2D eigenvalue weighted by molar-refractivity contribution is 6.43. The van der Waals surface area contributed by atoms with Gasteiger partial charge in [0.15, 0.2) is 0 Å². The molecule has 0 saturated heterocycles. The Morgan fingerprint density at radius 3 is 2.24 bits per heavy atom. The summed E-state index contributed by atoms with van der Waals surface area (Å²) in [6.45, 7) is 12.6. The van der Waals surface area contributed by atoms with Crippen LogP contribution in [0.4, 0.5) is 10.1 Å². The van der Waals surface area contributed by atoms with Crippen LogP contribution in [-0.4, -0.2) is 27.7 Å². The molecule has 0 saturated carbocycles. The molecule has 2 N–H and O–H groups in total. The topological polar surface area (TPSA) is 80.2 Å². The zero-order valence-corrected chi connectivity index (χ0v) is 18.0. The van der Waals surface area contributed by atoms with E-state index >= 15 is 0 Å². The Balaban J connectivity index is 2.44. The number of ketones is 1. The molecule has 2 rings (SSSR count). The van der Waals surface area contributed by atoms with E-state index in [9.17, 15) is 18.8 Å². The number of carbonyl (C=O) groups excluding carboxylic acids is 3. The maximum absolute atomic E-state index is 13.5. The van der Waals surface area contributed by atoms with E-state index in [0.29, 0.717) is 34.6 Å². The lowest BCUT2D eigenvalue weighted by Crippen LogP contribution is -2.44. The van der Waals surface area contributed by atoms with Gasteiger partial charge in [0.1, 0.15) is 5.82 Å². The summed E-state index contributed by atoms with van der Waals surface area (Å²) in [4.78, 5) is 38.2. The van der Waals surface area contributed by atoms with Gasteiger partial charge in [0.2, 0.25) is 0 Å². The van der Waals surface area contributed by atoms with Gasteiger partial charge in [0.05, 0.1) is 11.3 Å². The molecule has 1 aromatic carbocycles. The van der Waals surface area contributed by atoms with Gasteiger partial charge < -0.3 is 15.2 Å². The van der Waals surface area contributed by atoms with Crippen LogP contribution in [-0.2, 0) is 11.3 Å². The normalized spacial score (nSPS) is 11.3. The van der Waals surface area contributed by atoms with Crippen LogP contribution in [0.3, 0.4) is 0 Å². The highest BCUT2D eigenvalue weighted by atomic mass is 19.1. The molecule has 2 aromatic rings. The quantitative estimate of drug-likeness (QED) is 0.589. The SMILES string of the molecule is CCn1c(C)c(C(=O)Nc2ccc(F)c(C)c2)c(C)c1C(=O)C(=O)NC(C)(C)C. The molecule has 0 radical (unpaired) electrons. The van der Waals surface area contributed by atoms with Crippen molar-refractivity contribution in [1.82, 2.24) is 9.88 Å². The molecule has 0 atom stereocenters. The molecule has 29 heavy (non-hydrogen) atoms. The number of hydrogen-bond acceptors (Lipinski definition) is 3. The number of hydrogen-bond donors (Lipinski definition) is 2. The smallest absolute Gasteiger partial charge is 0.294 e. The number of halogens is 1. The van der Waals surface area contributed by atoms with Crippen molar-refractivity contribution in [2.75, 3.05) is 5.32 Å². The summed E-state index contributed by atoms with van der Waals surface area (Å²) in [6, 6.07) is 4.30. The molecule has 0 aliphatic rings. The Hall–Kier alpha value is -2.96. The first-order valence-corrected chi connectivity index (χ1v) is 9.51. The predicted octanol–water partition coefficient (Wildman–Crippen LogP) is 3.92. The van der Waals surface area contributed by atoms with Crippen molar-refractivity contribution in [2.24, 2.45) is 0 Å². The van der Waals surface area contributed by atoms with Crippen LogP contribution < -0.4 is 10.6 Å². The van der Waals surface area contributed by atoms with Gasteiger partial charge in [-0.15, -0.1) is 0 Å². The Morgan fingerprint density at radius 2 is 1.72 bits per heavy atom. The van der Waals surface area contributed by atoms with Gasteiger partial charge in [-0.2, -0.15) is 0 Å². The first-order chi connectivity index (χ1) is 13.4. The number of nitrogens with one attached hydrogen (secondary N) is 2. The number of amides is 2. The number of benzene rings is 1. The Kier molecular flexibility index (Phi) is 6.30. The second-order valence-corrected chi connectivity index (χ2v) is 8.13. The second kappa shape index (κ2) is 8.19. The maximum Gasteiger partial charge on any atom is 0.294 e. The summed E-state index contributed by atoms with van der Waals surface area (Å²) in [7, 11) is 0. The third-order valence-electron chi connectivity index (χ3n) is 4.64. The van der Waals surface area contributed by atoms with Crippen molar-refractivity contribution in [1.29, 1.82) is 0 Å². The van der Waals surface area contributed by atoms with E-state index in [1.165, 1.54) is 18.2 Å². The molecule has 2 amide bonds. The minimum atomic E-state index is -0.714. The largest absolute Gasteiger partial charge is 0.345 e. The van der Waals surface area contributed by atoms with Gasteiger partial charge in [-0.3, -0.25) is 14.4 Å². The van der Waals surface area contributed by atoms with E-state index in [1.54, 1.807) is 46.1 Å². The lowest BCUT2D eigenvalue weighted by Gasteiger charge is -2.20. The first kappa shape index (κ1) is 22.3. The number of aryl methyl sites for hydroxylation is 1. The van der Waals surface area contributed by atoms with Crippen LogP contribution in [0.1, 0.15) is 65.4 Å². The molecule has 0 bridgehead atoms. The Morgan fingerprint density at radius 1 is 1.10 bits per heavy atom. The highest BCUT2D eigenvalue weighted by Gasteiger charge is 2.30. The average Bonchev–Trinajstić information content (AvgIpc) is 2.85. The van der Waals surface area contributed by atoms with Gasteiger partial charge >= 0.3 is 0 Å². The number of Topliss-reactive ketones (excluding diaryl/α,β-unsaturated/α-hetero) is 1. The van der Waals surface area contributed by atoms with Crippen LogP contribution in [0.15, 0.2) is 18.2 Å². The number of rotatable bonds is 5. The van der Waals surface area contributed by atoms with Crippen LogP contribution in [0.25, 0.3) is 0 Å². The zero-order chi connectivity index (χ0) is 22.1. The van der Waals surface area contributed by atoms with Crippen LogP contribution in [0, 0.1) is 26.6 Å². The Labute approximate surface area is 170 Å². The third-order valence-corrected chi connectivity index (χ3v) is 4.64. The monoisotopic (exact) mass is 401 g/mol. The molecule has 0 aliphatic carbocycles. The Bertz CT molecular complexity index is 984. The molecule has 156 valence electrons. The van der Waals surface area contributed by atoms with E-state index in [1.807, 2.05) is 6.92 Å². The minimum Gasteiger partial charge on any atom is -0.345 e. The van der Waals surface area contributed by atoms with Crippen molar-refractivity contribution >= 4 is 23.3 Å². The summed E-state index contributed by atoms with van der Waals surface area (Å²) in [5, 5.41) is 5.42. The van der Waals surface area contributed by atoms with Crippen molar-refractivity contribution < 1.29 is 18.8 Å². The van der Waals surface area contributed by atoms with E-state index in [-0.39, 0.29) is 11.5 Å². The van der Waals surface area contributed by atoms with Crippen molar-refractivity contribution in [3.8, 4) is 0 Å². The maximum atomic E-state index is 13.5. The molecule has 0 fully saturated rings. The number of nitrogens with zero attached hydrogens (tertiary/aromatic N) is 1. The summed E-state index contributed by atoms with van der Waals surface area (Å²) in [6.07, 6.45) is 0. The van der Waals surface area contributed by atoms with E-state index in [4.69, 9.17) is 0 Å². The van der Waals surface area contributed by atoms with Gasteiger partial charge in [0.25, 0.3) is 17.6 Å². The number of carbonyl (C=O) groups is 3. The minimum absolute atomic E-state index is 0.201. The molecule has 1 heterocycles. The molecule has 6 nitrogen and oxygen atoms in total. The fourth-order valence-electron chi connectivity index (χ4n) is 3.34. The highest BCUT2D eigenvalue weighted by Crippen LogP contribution is 2.25. The van der Waals surface area contributed by atoms with Crippen molar-refractivity contribution in [2.45, 2.75) is 60.5 Å². The third kappa shape index (κ3) is 4.72. The van der Waals surface area contributed by atoms with Gasteiger partial charge in [-0.1, -0.05) is 0 Å². The molecule has 1 aromatic heterocycles. The van der Waals surface area contributed by atoms with E-state index in [0.717, 1.165) is 0 Å². The van der Waals surface area contributed by atoms with Gasteiger partial charge in [-0.25, -0.2) is 4.39 Å². The van der Waals surface area contributed by atoms with E-state index in [2.05, 4.69) is 10.6 Å². The number of anilines is 1. The second-order valence-electron chi connectivity index (χ2n) is 8.13. The molecular weight excluding hydrogens is 373 g/mol. The van der Waals surface area contributed by atoms with Crippen molar-refractivity contribution in [3.63, 3.8) is 0 Å². The summed E-state index contributed by atoms with van der Waals surface area (Å²) in [5.41, 5.74) is 1.88. The predicted molar refractivity (Wildman–Crippen MR) is 111 cm³/mol. The fraction of sp³-hybridized carbons (Fsp3) is 0.409. The first-order valence-electron chi connectivity index (χ1n) is 9.51. The summed E-state index contributed by atoms with van der Waals surface area (Å²) in [5.74, 6) is -2.17. The molecule has 0 unspecified atom stereocenters. The average molecular weight is 401 g/mol. The number of aromatic nitrogens is 1. The lowest BCUT2D eigenvalue weighted by atomic mass is 10.1. The van der Waals surface area contributed by atoms with Crippen LogP contribution in [0.2, 0.25) is 0 Å². The molecule has 7 heteroatoms. The summed E-state index contributed by atoms with van der Waals surface area (Å²) < 4.78 is 15.2. The standard InChI is InChI=1S/C22H28FN3O3/c1-8-26-14(4)17(20(28)24-15-9-10-16(23)12(2)11-15)13(3)18(26)19(27)21(29)25-22(5,6)7/h9-11H,8H2,1-7H3,(H,24,28)(H,25,29). The molecule has 0 aliphatic heterocycles. The van der Waals surface area contributed by atoms with Gasteiger partial charge in [0, 0.05) is 23.5 Å². The fourth-order valence-corrected chi connectivity index (χ4v) is 3.34.